The highest BCUT2D eigenvalue weighted by molar-refractivity contribution is 5.86. The Morgan fingerprint density at radius 1 is 1.33 bits per heavy atom. The zero-order valence-corrected chi connectivity index (χ0v) is 13.4. The van der Waals surface area contributed by atoms with Crippen molar-refractivity contribution in [2.24, 2.45) is 12.0 Å². The Labute approximate surface area is 125 Å². The average molecular weight is 285 g/mol. The summed E-state index contributed by atoms with van der Waals surface area (Å²) >= 11 is 0. The molecule has 0 amide bonds. The Morgan fingerprint density at radius 2 is 2.00 bits per heavy atom. The van der Waals surface area contributed by atoms with Gasteiger partial charge >= 0.3 is 0 Å². The normalized spacial score (nSPS) is 10.8. The number of benzene rings is 1. The van der Waals surface area contributed by atoms with E-state index < -0.39 is 0 Å². The van der Waals surface area contributed by atoms with Crippen LogP contribution in [-0.2, 0) is 7.05 Å². The predicted octanol–water partition coefficient (Wildman–Crippen LogP) is 3.90. The van der Waals surface area contributed by atoms with Crippen molar-refractivity contribution in [1.82, 2.24) is 9.78 Å². The van der Waals surface area contributed by atoms with Gasteiger partial charge in [-0.05, 0) is 37.1 Å². The van der Waals surface area contributed by atoms with Gasteiger partial charge in [0.2, 0.25) is 0 Å². The summed E-state index contributed by atoms with van der Waals surface area (Å²) in [4.78, 5) is 16.1. The number of hydrogen-bond acceptors (Lipinski definition) is 2. The summed E-state index contributed by atoms with van der Waals surface area (Å²) in [5, 5.41) is 3.70. The second-order valence-corrected chi connectivity index (χ2v) is 4.60. The topological polar surface area (TPSA) is 50.1 Å². The maximum Gasteiger partial charge on any atom is 0.274 e. The van der Waals surface area contributed by atoms with Crippen molar-refractivity contribution in [3.63, 3.8) is 0 Å². The summed E-state index contributed by atoms with van der Waals surface area (Å²) in [6, 6.07) is 5.67. The Bertz CT molecular complexity index is 741. The average Bonchev–Trinajstić information content (AvgIpc) is 2.76. The molecule has 0 radical (unpaired) electrons. The number of aryl methyl sites for hydroxylation is 1. The predicted molar refractivity (Wildman–Crippen MR) is 91.8 cm³/mol. The van der Waals surface area contributed by atoms with Crippen molar-refractivity contribution in [2.45, 2.75) is 27.7 Å². The van der Waals surface area contributed by atoms with Crippen LogP contribution in [0.2, 0.25) is 0 Å². The van der Waals surface area contributed by atoms with Crippen LogP contribution in [0.4, 0.5) is 0 Å². The summed E-state index contributed by atoms with van der Waals surface area (Å²) in [5.41, 5.74) is 3.68. The van der Waals surface area contributed by atoms with E-state index in [-0.39, 0.29) is 5.56 Å². The molecule has 21 heavy (non-hydrogen) atoms. The molecule has 0 unspecified atom stereocenters. The first-order chi connectivity index (χ1) is 10.0. The van der Waals surface area contributed by atoms with Gasteiger partial charge in [-0.1, -0.05) is 32.6 Å². The van der Waals surface area contributed by atoms with Crippen molar-refractivity contribution in [3.05, 3.63) is 53.0 Å². The first-order valence-electron chi connectivity index (χ1n) is 7.05. The Hall–Kier alpha value is -2.36. The van der Waals surface area contributed by atoms with Gasteiger partial charge in [0.1, 0.15) is 0 Å². The van der Waals surface area contributed by atoms with Gasteiger partial charge in [-0.2, -0.15) is 0 Å². The number of fused-ring (bicyclic) bond motifs is 1. The first-order valence-corrected chi connectivity index (χ1v) is 7.05. The molecule has 4 heteroatoms. The fraction of sp³-hybridized carbons (Fsp3) is 0.294. The standard InChI is InChI=1S/C15H17N3O.C2H6/c1-5-11(9-16-10(2)3)12-6-7-13-14(8-12)17-18(4)15(13)19;1-2/h5-9,17H,1H2,2-4H3;1-2H3/b11-9+;. The molecule has 0 aliphatic carbocycles. The van der Waals surface area contributed by atoms with Crippen molar-refractivity contribution in [1.29, 1.82) is 0 Å². The van der Waals surface area contributed by atoms with E-state index in [2.05, 4.69) is 16.7 Å². The summed E-state index contributed by atoms with van der Waals surface area (Å²) < 4.78 is 1.47. The van der Waals surface area contributed by atoms with Crippen LogP contribution in [0.25, 0.3) is 16.5 Å². The maximum atomic E-state index is 11.8. The molecular weight excluding hydrogens is 262 g/mol. The third-order valence-electron chi connectivity index (χ3n) is 2.86. The fourth-order valence-electron chi connectivity index (χ4n) is 1.86. The SMILES string of the molecule is C=C/C(=C\N=C(C)C)c1ccc2c(=O)n(C)[nH]c2c1.CC. The molecule has 0 bridgehead atoms. The van der Waals surface area contributed by atoms with Crippen LogP contribution in [0.3, 0.4) is 0 Å². The van der Waals surface area contributed by atoms with Crippen molar-refractivity contribution in [2.75, 3.05) is 0 Å². The van der Waals surface area contributed by atoms with E-state index in [1.807, 2.05) is 45.9 Å². The van der Waals surface area contributed by atoms with Crippen LogP contribution >= 0.6 is 0 Å². The van der Waals surface area contributed by atoms with Gasteiger partial charge in [-0.25, -0.2) is 0 Å². The van der Waals surface area contributed by atoms with Crippen LogP contribution in [0.5, 0.6) is 0 Å². The molecule has 0 aliphatic heterocycles. The minimum atomic E-state index is -0.0203. The molecule has 2 aromatic rings. The van der Waals surface area contributed by atoms with Crippen molar-refractivity contribution >= 4 is 22.2 Å². The third kappa shape index (κ3) is 3.81. The number of hydrogen-bond donors (Lipinski definition) is 1. The lowest BCUT2D eigenvalue weighted by atomic mass is 10.1. The minimum Gasteiger partial charge on any atom is -0.295 e. The second-order valence-electron chi connectivity index (χ2n) is 4.60. The number of aromatic nitrogens is 2. The van der Waals surface area contributed by atoms with Gasteiger partial charge in [-0.15, -0.1) is 0 Å². The second kappa shape index (κ2) is 7.43. The lowest BCUT2D eigenvalue weighted by molar-refractivity contribution is 0.751. The van der Waals surface area contributed by atoms with Crippen LogP contribution in [-0.4, -0.2) is 15.5 Å². The number of rotatable bonds is 3. The first kappa shape index (κ1) is 16.7. The summed E-state index contributed by atoms with van der Waals surface area (Å²) in [6.45, 7) is 11.7. The monoisotopic (exact) mass is 285 g/mol. The van der Waals surface area contributed by atoms with E-state index >= 15 is 0 Å². The molecule has 2 rings (SSSR count). The number of aromatic amines is 1. The van der Waals surface area contributed by atoms with E-state index in [9.17, 15) is 4.79 Å². The Kier molecular flexibility index (Phi) is 5.91. The zero-order valence-electron chi connectivity index (χ0n) is 13.4. The fourth-order valence-corrected chi connectivity index (χ4v) is 1.86. The van der Waals surface area contributed by atoms with Crippen molar-refractivity contribution in [3.8, 4) is 0 Å². The quantitative estimate of drug-likeness (QED) is 0.675. The van der Waals surface area contributed by atoms with Crippen LogP contribution in [0.15, 0.2) is 46.8 Å². The number of nitrogens with zero attached hydrogens (tertiary/aromatic N) is 2. The summed E-state index contributed by atoms with van der Waals surface area (Å²) in [7, 11) is 1.71. The molecule has 0 fully saturated rings. The van der Waals surface area contributed by atoms with Crippen LogP contribution in [0.1, 0.15) is 33.3 Å². The summed E-state index contributed by atoms with van der Waals surface area (Å²) in [5.74, 6) is 0. The number of aliphatic imine (C=N–C) groups is 1. The molecule has 4 nitrogen and oxygen atoms in total. The molecule has 0 spiro atoms. The van der Waals surface area contributed by atoms with E-state index in [1.54, 1.807) is 19.3 Å². The molecule has 112 valence electrons. The van der Waals surface area contributed by atoms with Crippen LogP contribution in [0, 0.1) is 0 Å². The molecule has 0 saturated carbocycles. The lowest BCUT2D eigenvalue weighted by Crippen LogP contribution is -2.10. The Morgan fingerprint density at radius 3 is 2.57 bits per heavy atom. The van der Waals surface area contributed by atoms with E-state index in [4.69, 9.17) is 0 Å². The van der Waals surface area contributed by atoms with Gasteiger partial charge in [0, 0.05) is 19.0 Å². The van der Waals surface area contributed by atoms with Gasteiger partial charge < -0.3 is 0 Å². The van der Waals surface area contributed by atoms with Gasteiger partial charge in [0.25, 0.3) is 5.56 Å². The Balaban J connectivity index is 0.00000106. The highest BCUT2D eigenvalue weighted by Crippen LogP contribution is 2.19. The molecule has 0 saturated heterocycles. The van der Waals surface area contributed by atoms with E-state index in [1.165, 1.54) is 4.68 Å². The maximum absolute atomic E-state index is 11.8. The highest BCUT2D eigenvalue weighted by atomic mass is 16.1. The van der Waals surface area contributed by atoms with Gasteiger partial charge in [0.05, 0.1) is 10.9 Å². The molecule has 1 aromatic heterocycles. The molecular formula is C17H23N3O. The molecule has 0 aliphatic rings. The number of allylic oxidation sites excluding steroid dienone is 2. The zero-order chi connectivity index (χ0) is 16.0. The van der Waals surface area contributed by atoms with E-state index in [0.717, 1.165) is 22.4 Å². The van der Waals surface area contributed by atoms with Crippen LogP contribution < -0.4 is 5.56 Å². The largest absolute Gasteiger partial charge is 0.295 e. The van der Waals surface area contributed by atoms with Gasteiger partial charge in [0.15, 0.2) is 0 Å². The summed E-state index contributed by atoms with van der Waals surface area (Å²) in [6.07, 6.45) is 3.54. The number of H-pyrrole nitrogens is 1. The minimum absolute atomic E-state index is 0.0203. The molecule has 1 aromatic carbocycles. The molecule has 0 atom stereocenters. The highest BCUT2D eigenvalue weighted by Gasteiger charge is 2.05. The smallest absolute Gasteiger partial charge is 0.274 e. The number of nitrogens with one attached hydrogen (secondary N) is 1. The molecule has 1 N–H and O–H groups in total. The molecule has 1 heterocycles. The lowest BCUT2D eigenvalue weighted by Gasteiger charge is -2.01. The van der Waals surface area contributed by atoms with Gasteiger partial charge in [-0.3, -0.25) is 19.6 Å². The third-order valence-corrected chi connectivity index (χ3v) is 2.86. The van der Waals surface area contributed by atoms with Crippen molar-refractivity contribution < 1.29 is 0 Å². The van der Waals surface area contributed by atoms with E-state index in [0.29, 0.717) is 5.39 Å².